The number of pyridine rings is 1. The number of carbonyl (C=O) groups excluding carboxylic acids is 1. The molecule has 3 rings (SSSR count). The molecule has 2 aromatic rings. The third kappa shape index (κ3) is 3.05. The molecule has 3 N–H and O–H groups in total. The molecular formula is C16H20N4O3S. The van der Waals surface area contributed by atoms with Crippen LogP contribution in [-0.2, 0) is 10.0 Å². The zero-order chi connectivity index (χ0) is 17.2. The maximum absolute atomic E-state index is 13.1. The molecule has 2 heterocycles. The molecule has 1 aromatic carbocycles. The number of fused-ring (bicyclic) bond motifs is 1. The predicted molar refractivity (Wildman–Crippen MR) is 91.4 cm³/mol. The number of nitrogens with one attached hydrogen (secondary N) is 1. The highest BCUT2D eigenvalue weighted by molar-refractivity contribution is 7.89. The second-order valence-electron chi connectivity index (χ2n) is 5.65. The number of aromatic nitrogens is 1. The molecule has 0 saturated carbocycles. The number of hydrogen-bond acceptors (Lipinski definition) is 6. The van der Waals surface area contributed by atoms with E-state index < -0.39 is 10.0 Å². The number of sulfonamides is 1. The summed E-state index contributed by atoms with van der Waals surface area (Å²) in [6.07, 6.45) is 2.20. The van der Waals surface area contributed by atoms with Crippen LogP contribution in [0.5, 0.6) is 0 Å². The van der Waals surface area contributed by atoms with Crippen LogP contribution in [0, 0.1) is 0 Å². The van der Waals surface area contributed by atoms with Gasteiger partial charge in [-0.15, -0.1) is 0 Å². The van der Waals surface area contributed by atoms with E-state index in [1.54, 1.807) is 24.3 Å². The lowest BCUT2D eigenvalue weighted by Crippen LogP contribution is -2.35. The Hall–Kier alpha value is -1.87. The van der Waals surface area contributed by atoms with Gasteiger partial charge in [0.15, 0.2) is 10.8 Å². The van der Waals surface area contributed by atoms with E-state index in [0.717, 1.165) is 13.0 Å². The summed E-state index contributed by atoms with van der Waals surface area (Å²) in [7, 11) is -3.79. The number of carbonyl (C=O) groups is 1. The number of ketones is 1. The Labute approximate surface area is 140 Å². The van der Waals surface area contributed by atoms with Gasteiger partial charge in [-0.05, 0) is 24.4 Å². The summed E-state index contributed by atoms with van der Waals surface area (Å²) in [5.41, 5.74) is 5.78. The van der Waals surface area contributed by atoms with Crippen molar-refractivity contribution in [1.29, 1.82) is 0 Å². The van der Waals surface area contributed by atoms with Gasteiger partial charge in [0.1, 0.15) is 0 Å². The SMILES string of the molecule is NCC(=O)c1cccc2ccnc(S(=O)(=O)N3CCCNCC3)c12. The molecule has 8 heteroatoms. The lowest BCUT2D eigenvalue weighted by molar-refractivity contribution is 0.100. The fraction of sp³-hybridized carbons (Fsp3) is 0.375. The van der Waals surface area contributed by atoms with Gasteiger partial charge in [0, 0.05) is 36.8 Å². The van der Waals surface area contributed by atoms with Crippen molar-refractivity contribution in [3.8, 4) is 0 Å². The van der Waals surface area contributed by atoms with Crippen LogP contribution in [0.3, 0.4) is 0 Å². The number of rotatable bonds is 4. The van der Waals surface area contributed by atoms with Crippen molar-refractivity contribution >= 4 is 26.6 Å². The molecule has 0 atom stereocenters. The average Bonchev–Trinajstić information content (AvgIpc) is 2.90. The van der Waals surface area contributed by atoms with Crippen molar-refractivity contribution in [3.63, 3.8) is 0 Å². The highest BCUT2D eigenvalue weighted by Crippen LogP contribution is 2.27. The maximum atomic E-state index is 13.1. The molecule has 0 radical (unpaired) electrons. The molecule has 7 nitrogen and oxygen atoms in total. The van der Waals surface area contributed by atoms with E-state index >= 15 is 0 Å². The summed E-state index contributed by atoms with van der Waals surface area (Å²) in [4.78, 5) is 16.3. The largest absolute Gasteiger partial charge is 0.324 e. The lowest BCUT2D eigenvalue weighted by Gasteiger charge is -2.20. The zero-order valence-electron chi connectivity index (χ0n) is 13.2. The Morgan fingerprint density at radius 3 is 2.88 bits per heavy atom. The Morgan fingerprint density at radius 2 is 2.08 bits per heavy atom. The van der Waals surface area contributed by atoms with Crippen molar-refractivity contribution in [2.75, 3.05) is 32.7 Å². The lowest BCUT2D eigenvalue weighted by atomic mass is 10.0. The second-order valence-corrected chi connectivity index (χ2v) is 7.51. The van der Waals surface area contributed by atoms with E-state index in [2.05, 4.69) is 10.3 Å². The zero-order valence-corrected chi connectivity index (χ0v) is 14.1. The highest BCUT2D eigenvalue weighted by atomic mass is 32.2. The third-order valence-corrected chi connectivity index (χ3v) is 5.97. The monoisotopic (exact) mass is 348 g/mol. The Kier molecular flexibility index (Phi) is 4.91. The van der Waals surface area contributed by atoms with Gasteiger partial charge in [-0.2, -0.15) is 4.31 Å². The van der Waals surface area contributed by atoms with Gasteiger partial charge >= 0.3 is 0 Å². The van der Waals surface area contributed by atoms with Crippen LogP contribution >= 0.6 is 0 Å². The minimum atomic E-state index is -3.79. The third-order valence-electron chi connectivity index (χ3n) is 4.13. The molecule has 0 amide bonds. The summed E-state index contributed by atoms with van der Waals surface area (Å²) < 4.78 is 27.6. The highest BCUT2D eigenvalue weighted by Gasteiger charge is 2.29. The van der Waals surface area contributed by atoms with Gasteiger partial charge in [0.05, 0.1) is 6.54 Å². The van der Waals surface area contributed by atoms with Crippen LogP contribution in [0.4, 0.5) is 0 Å². The minimum Gasteiger partial charge on any atom is -0.324 e. The number of hydrogen-bond donors (Lipinski definition) is 2. The first kappa shape index (κ1) is 17.0. The first-order valence-corrected chi connectivity index (χ1v) is 9.31. The van der Waals surface area contributed by atoms with E-state index in [1.807, 2.05) is 0 Å². The van der Waals surface area contributed by atoms with Crippen molar-refractivity contribution in [2.45, 2.75) is 11.4 Å². The van der Waals surface area contributed by atoms with Crippen molar-refractivity contribution < 1.29 is 13.2 Å². The predicted octanol–water partition coefficient (Wildman–Crippen LogP) is 0.360. The van der Waals surface area contributed by atoms with Crippen LogP contribution in [0.1, 0.15) is 16.8 Å². The van der Waals surface area contributed by atoms with E-state index in [-0.39, 0.29) is 17.4 Å². The van der Waals surface area contributed by atoms with Gasteiger partial charge < -0.3 is 11.1 Å². The minimum absolute atomic E-state index is 0.0701. The van der Waals surface area contributed by atoms with Gasteiger partial charge in [0.25, 0.3) is 10.0 Å². The van der Waals surface area contributed by atoms with E-state index in [1.165, 1.54) is 10.5 Å². The summed E-state index contributed by atoms with van der Waals surface area (Å²) >= 11 is 0. The quantitative estimate of drug-likeness (QED) is 0.773. The molecule has 128 valence electrons. The summed E-state index contributed by atoms with van der Waals surface area (Å²) in [6, 6.07) is 6.79. The average molecular weight is 348 g/mol. The number of nitrogens with zero attached hydrogens (tertiary/aromatic N) is 2. The molecule has 1 aliphatic heterocycles. The molecule has 0 unspecified atom stereocenters. The Balaban J connectivity index is 2.20. The second kappa shape index (κ2) is 6.94. The number of benzene rings is 1. The summed E-state index contributed by atoms with van der Waals surface area (Å²) in [5.74, 6) is -0.303. The number of Topliss-reactive ketones (excluding diaryl/α,β-unsaturated/α-hetero) is 1. The molecule has 1 saturated heterocycles. The van der Waals surface area contributed by atoms with Crippen LogP contribution in [0.15, 0.2) is 35.5 Å². The smallest absolute Gasteiger partial charge is 0.261 e. The molecular weight excluding hydrogens is 328 g/mol. The van der Waals surface area contributed by atoms with Crippen molar-refractivity contribution in [2.24, 2.45) is 5.73 Å². The van der Waals surface area contributed by atoms with Crippen LogP contribution in [0.25, 0.3) is 10.8 Å². The van der Waals surface area contributed by atoms with E-state index in [9.17, 15) is 13.2 Å². The van der Waals surface area contributed by atoms with E-state index in [0.29, 0.717) is 36.0 Å². The Bertz CT molecular complexity index is 854. The van der Waals surface area contributed by atoms with Crippen molar-refractivity contribution in [1.82, 2.24) is 14.6 Å². The van der Waals surface area contributed by atoms with Gasteiger partial charge in [-0.1, -0.05) is 18.2 Å². The van der Waals surface area contributed by atoms with Gasteiger partial charge in [0.2, 0.25) is 0 Å². The van der Waals surface area contributed by atoms with Crippen LogP contribution in [0.2, 0.25) is 0 Å². The van der Waals surface area contributed by atoms with Crippen LogP contribution in [-0.4, -0.2) is 56.2 Å². The molecule has 1 aromatic heterocycles. The van der Waals surface area contributed by atoms with Crippen molar-refractivity contribution in [3.05, 3.63) is 36.0 Å². The van der Waals surface area contributed by atoms with Crippen LogP contribution < -0.4 is 11.1 Å². The standard InChI is InChI=1S/C16H20N4O3S/c17-11-14(21)13-4-1-3-12-5-7-19-16(15(12)13)24(22,23)20-9-2-6-18-8-10-20/h1,3-5,7,18H,2,6,8-11,17H2. The molecule has 0 aliphatic carbocycles. The topological polar surface area (TPSA) is 105 Å². The maximum Gasteiger partial charge on any atom is 0.261 e. The summed E-state index contributed by atoms with van der Waals surface area (Å²) in [6.45, 7) is 2.01. The number of nitrogens with two attached hydrogens (primary N) is 1. The summed E-state index contributed by atoms with van der Waals surface area (Å²) in [5, 5.41) is 4.13. The molecule has 1 aliphatic rings. The fourth-order valence-electron chi connectivity index (χ4n) is 2.92. The fourth-order valence-corrected chi connectivity index (χ4v) is 4.54. The molecule has 0 spiro atoms. The molecule has 1 fully saturated rings. The normalized spacial score (nSPS) is 16.9. The molecule has 24 heavy (non-hydrogen) atoms. The van der Waals surface area contributed by atoms with Gasteiger partial charge in [-0.3, -0.25) is 4.79 Å². The Morgan fingerprint density at radius 1 is 1.25 bits per heavy atom. The van der Waals surface area contributed by atoms with E-state index in [4.69, 9.17) is 5.73 Å². The van der Waals surface area contributed by atoms with Gasteiger partial charge in [-0.25, -0.2) is 13.4 Å². The first-order valence-electron chi connectivity index (χ1n) is 7.87. The molecule has 0 bridgehead atoms. The first-order chi connectivity index (χ1) is 11.6.